The molecule has 3 nitrogen and oxygen atoms in total. The van der Waals surface area contributed by atoms with Crippen molar-refractivity contribution in [3.05, 3.63) is 35.4 Å². The van der Waals surface area contributed by atoms with Crippen LogP contribution in [-0.2, 0) is 12.8 Å². The van der Waals surface area contributed by atoms with Gasteiger partial charge in [0.2, 0.25) is 0 Å². The van der Waals surface area contributed by atoms with E-state index in [-0.39, 0.29) is 6.10 Å². The van der Waals surface area contributed by atoms with E-state index in [0.29, 0.717) is 6.04 Å². The minimum absolute atomic E-state index is 0.231. The molecule has 2 atom stereocenters. The van der Waals surface area contributed by atoms with Crippen LogP contribution in [0.4, 0.5) is 0 Å². The van der Waals surface area contributed by atoms with Crippen molar-refractivity contribution in [2.24, 2.45) is 0 Å². The molecule has 1 heterocycles. The molecule has 1 aromatic carbocycles. The minimum Gasteiger partial charge on any atom is -0.390 e. The molecule has 1 fully saturated rings. The summed E-state index contributed by atoms with van der Waals surface area (Å²) < 4.78 is 0. The zero-order chi connectivity index (χ0) is 13.8. The summed E-state index contributed by atoms with van der Waals surface area (Å²) in [5, 5.41) is 13.7. The zero-order valence-electron chi connectivity index (χ0n) is 12.2. The van der Waals surface area contributed by atoms with Gasteiger partial charge in [-0.25, -0.2) is 0 Å². The Bertz CT molecular complexity index is 429. The van der Waals surface area contributed by atoms with E-state index >= 15 is 0 Å². The monoisotopic (exact) mass is 274 g/mol. The van der Waals surface area contributed by atoms with Gasteiger partial charge in [0.15, 0.2) is 0 Å². The second-order valence-corrected chi connectivity index (χ2v) is 6.28. The van der Waals surface area contributed by atoms with Crippen LogP contribution in [0.15, 0.2) is 24.3 Å². The lowest BCUT2D eigenvalue weighted by molar-refractivity contribution is 0.119. The summed E-state index contributed by atoms with van der Waals surface area (Å²) in [5.41, 5.74) is 2.98. The number of nitrogens with zero attached hydrogens (tertiary/aromatic N) is 1. The molecule has 1 saturated heterocycles. The Kier molecular flexibility index (Phi) is 4.71. The van der Waals surface area contributed by atoms with Gasteiger partial charge in [0, 0.05) is 19.1 Å². The number of rotatable bonds is 5. The van der Waals surface area contributed by atoms with Crippen LogP contribution in [0, 0.1) is 0 Å². The molecular weight excluding hydrogens is 248 g/mol. The van der Waals surface area contributed by atoms with Gasteiger partial charge in [-0.3, -0.25) is 0 Å². The van der Waals surface area contributed by atoms with Crippen molar-refractivity contribution in [2.75, 3.05) is 26.2 Å². The second kappa shape index (κ2) is 6.70. The maximum absolute atomic E-state index is 10.1. The van der Waals surface area contributed by atoms with Crippen LogP contribution in [0.5, 0.6) is 0 Å². The fourth-order valence-corrected chi connectivity index (χ4v) is 3.50. The molecule has 1 aliphatic carbocycles. The first-order chi connectivity index (χ1) is 9.81. The van der Waals surface area contributed by atoms with Gasteiger partial charge in [0.1, 0.15) is 0 Å². The average Bonchev–Trinajstić information content (AvgIpc) is 2.98. The van der Waals surface area contributed by atoms with E-state index in [0.717, 1.165) is 39.0 Å². The number of likely N-dealkylation sites (tertiary alicyclic amines) is 1. The highest BCUT2D eigenvalue weighted by Gasteiger charge is 2.20. The third-order valence-corrected chi connectivity index (χ3v) is 4.66. The van der Waals surface area contributed by atoms with Crippen LogP contribution in [0.1, 0.15) is 30.4 Å². The van der Waals surface area contributed by atoms with Crippen LogP contribution in [0.3, 0.4) is 0 Å². The van der Waals surface area contributed by atoms with E-state index in [1.165, 1.54) is 30.4 Å². The lowest BCUT2D eigenvalue weighted by atomic mass is 9.88. The molecule has 1 aliphatic heterocycles. The molecule has 110 valence electrons. The number of aliphatic hydroxyl groups is 1. The molecule has 0 amide bonds. The lowest BCUT2D eigenvalue weighted by Crippen LogP contribution is -2.42. The second-order valence-electron chi connectivity index (χ2n) is 6.28. The molecule has 3 heteroatoms. The Balaban J connectivity index is 1.43. The van der Waals surface area contributed by atoms with Gasteiger partial charge in [-0.15, -0.1) is 0 Å². The number of aliphatic hydroxyl groups excluding tert-OH is 1. The predicted octanol–water partition coefficient (Wildman–Crippen LogP) is 1.59. The van der Waals surface area contributed by atoms with Gasteiger partial charge in [0.05, 0.1) is 6.10 Å². The van der Waals surface area contributed by atoms with Gasteiger partial charge in [-0.05, 0) is 56.3 Å². The number of β-amino-alcohol motifs (C(OH)–C–C–N with tert-alkyl or cyclic N) is 1. The Morgan fingerprint density at radius 2 is 1.95 bits per heavy atom. The number of fused-ring (bicyclic) bond motifs is 1. The third kappa shape index (κ3) is 3.60. The molecule has 20 heavy (non-hydrogen) atoms. The molecule has 0 aromatic heterocycles. The largest absolute Gasteiger partial charge is 0.390 e. The van der Waals surface area contributed by atoms with Crippen LogP contribution in [0.25, 0.3) is 0 Å². The highest BCUT2D eigenvalue weighted by Crippen LogP contribution is 2.21. The SMILES string of the molecule is OC(CNC1CCc2ccccc2C1)CN1CCCC1. The molecule has 1 aromatic rings. The molecule has 0 spiro atoms. The zero-order valence-corrected chi connectivity index (χ0v) is 12.2. The number of nitrogens with one attached hydrogen (secondary N) is 1. The highest BCUT2D eigenvalue weighted by atomic mass is 16.3. The van der Waals surface area contributed by atoms with Gasteiger partial charge in [-0.1, -0.05) is 24.3 Å². The van der Waals surface area contributed by atoms with Crippen molar-refractivity contribution >= 4 is 0 Å². The van der Waals surface area contributed by atoms with E-state index in [2.05, 4.69) is 34.5 Å². The Morgan fingerprint density at radius 1 is 1.20 bits per heavy atom. The van der Waals surface area contributed by atoms with Crippen LogP contribution >= 0.6 is 0 Å². The van der Waals surface area contributed by atoms with Crippen molar-refractivity contribution in [1.29, 1.82) is 0 Å². The summed E-state index contributed by atoms with van der Waals surface area (Å²) in [5.74, 6) is 0. The molecule has 0 bridgehead atoms. The summed E-state index contributed by atoms with van der Waals surface area (Å²) in [6, 6.07) is 9.27. The summed E-state index contributed by atoms with van der Waals surface area (Å²) in [6.07, 6.45) is 5.81. The predicted molar refractivity (Wildman–Crippen MR) is 81.9 cm³/mol. The van der Waals surface area contributed by atoms with Crippen molar-refractivity contribution in [2.45, 2.75) is 44.2 Å². The smallest absolute Gasteiger partial charge is 0.0791 e. The topological polar surface area (TPSA) is 35.5 Å². The van der Waals surface area contributed by atoms with E-state index in [9.17, 15) is 5.11 Å². The Labute approximate surface area is 122 Å². The Morgan fingerprint density at radius 3 is 2.75 bits per heavy atom. The van der Waals surface area contributed by atoms with Crippen molar-refractivity contribution in [3.63, 3.8) is 0 Å². The van der Waals surface area contributed by atoms with Crippen LogP contribution in [0.2, 0.25) is 0 Å². The van der Waals surface area contributed by atoms with E-state index in [1.54, 1.807) is 0 Å². The average molecular weight is 274 g/mol. The number of aryl methyl sites for hydroxylation is 1. The maximum Gasteiger partial charge on any atom is 0.0791 e. The molecule has 3 rings (SSSR count). The third-order valence-electron chi connectivity index (χ3n) is 4.66. The standard InChI is InChI=1S/C17H26N2O/c20-17(13-19-9-3-4-10-19)12-18-16-8-7-14-5-1-2-6-15(14)11-16/h1-2,5-6,16-18,20H,3-4,7-13H2. The first kappa shape index (κ1) is 14.1. The van der Waals surface area contributed by atoms with E-state index < -0.39 is 0 Å². The molecule has 0 radical (unpaired) electrons. The normalized spacial score (nSPS) is 24.6. The summed E-state index contributed by atoms with van der Waals surface area (Å²) >= 11 is 0. The lowest BCUT2D eigenvalue weighted by Gasteiger charge is -2.27. The van der Waals surface area contributed by atoms with Crippen molar-refractivity contribution < 1.29 is 5.11 Å². The van der Waals surface area contributed by atoms with Gasteiger partial charge >= 0.3 is 0 Å². The maximum atomic E-state index is 10.1. The number of benzene rings is 1. The van der Waals surface area contributed by atoms with E-state index in [4.69, 9.17) is 0 Å². The van der Waals surface area contributed by atoms with Crippen LogP contribution < -0.4 is 5.32 Å². The molecule has 2 aliphatic rings. The van der Waals surface area contributed by atoms with Crippen molar-refractivity contribution in [3.8, 4) is 0 Å². The van der Waals surface area contributed by atoms with Crippen LogP contribution in [-0.4, -0.2) is 48.3 Å². The first-order valence-electron chi connectivity index (χ1n) is 8.02. The molecule has 2 N–H and O–H groups in total. The van der Waals surface area contributed by atoms with Crippen molar-refractivity contribution in [1.82, 2.24) is 10.2 Å². The summed E-state index contributed by atoms with van der Waals surface area (Å²) in [4.78, 5) is 2.38. The van der Waals surface area contributed by atoms with Gasteiger partial charge in [-0.2, -0.15) is 0 Å². The first-order valence-corrected chi connectivity index (χ1v) is 8.02. The quantitative estimate of drug-likeness (QED) is 0.856. The highest BCUT2D eigenvalue weighted by molar-refractivity contribution is 5.30. The molecule has 0 saturated carbocycles. The minimum atomic E-state index is -0.231. The Hall–Kier alpha value is -0.900. The number of hydrogen-bond donors (Lipinski definition) is 2. The summed E-state index contributed by atoms with van der Waals surface area (Å²) in [6.45, 7) is 3.88. The fourth-order valence-electron chi connectivity index (χ4n) is 3.50. The van der Waals surface area contributed by atoms with Gasteiger partial charge in [0.25, 0.3) is 0 Å². The van der Waals surface area contributed by atoms with E-state index in [1.807, 2.05) is 0 Å². The number of hydrogen-bond acceptors (Lipinski definition) is 3. The fraction of sp³-hybridized carbons (Fsp3) is 0.647. The van der Waals surface area contributed by atoms with Gasteiger partial charge < -0.3 is 15.3 Å². The summed E-state index contributed by atoms with van der Waals surface area (Å²) in [7, 11) is 0. The molecular formula is C17H26N2O. The molecule has 2 unspecified atom stereocenters.